The Morgan fingerprint density at radius 1 is 1.25 bits per heavy atom. The van der Waals surface area contributed by atoms with Crippen LogP contribution in [0.3, 0.4) is 0 Å². The van der Waals surface area contributed by atoms with Gasteiger partial charge >= 0.3 is 0 Å². The van der Waals surface area contributed by atoms with Crippen molar-refractivity contribution in [3.8, 4) is 11.5 Å². The molecule has 0 atom stereocenters. The molecule has 112 valence electrons. The van der Waals surface area contributed by atoms with Crippen LogP contribution in [-0.4, -0.2) is 37.6 Å². The third-order valence-corrected chi connectivity index (χ3v) is 3.13. The van der Waals surface area contributed by atoms with Crippen LogP contribution in [0.15, 0.2) is 12.1 Å². The fourth-order valence-corrected chi connectivity index (χ4v) is 2.07. The topological polar surface area (TPSA) is 64.8 Å². The predicted octanol–water partition coefficient (Wildman–Crippen LogP) is 2.55. The van der Waals surface area contributed by atoms with Crippen molar-refractivity contribution >= 4 is 11.6 Å². The van der Waals surface area contributed by atoms with E-state index in [1.165, 1.54) is 14.2 Å². The van der Waals surface area contributed by atoms with E-state index in [0.717, 1.165) is 6.42 Å². The highest BCUT2D eigenvalue weighted by molar-refractivity contribution is 6.00. The largest absolute Gasteiger partial charge is 0.493 e. The zero-order chi connectivity index (χ0) is 15.3. The standard InChI is InChI=1S/C15H24N2O3/c1-6-7-17(10(2)3)15(18)11-8-13(19-4)14(20-5)9-12(11)16/h8-10H,6-7,16H2,1-5H3. The van der Waals surface area contributed by atoms with Gasteiger partial charge in [-0.1, -0.05) is 6.92 Å². The Kier molecular flexibility index (Phi) is 5.67. The average Bonchev–Trinajstić information content (AvgIpc) is 2.43. The molecule has 1 rings (SSSR count). The highest BCUT2D eigenvalue weighted by atomic mass is 16.5. The maximum absolute atomic E-state index is 12.6. The lowest BCUT2D eigenvalue weighted by Gasteiger charge is -2.27. The lowest BCUT2D eigenvalue weighted by atomic mass is 10.1. The average molecular weight is 280 g/mol. The summed E-state index contributed by atoms with van der Waals surface area (Å²) in [6, 6.07) is 3.38. The summed E-state index contributed by atoms with van der Waals surface area (Å²) in [6.07, 6.45) is 0.900. The molecule has 0 bridgehead atoms. The quantitative estimate of drug-likeness (QED) is 0.813. The van der Waals surface area contributed by atoms with Gasteiger partial charge in [-0.25, -0.2) is 0 Å². The first-order valence-corrected chi connectivity index (χ1v) is 6.78. The number of methoxy groups -OCH3 is 2. The van der Waals surface area contributed by atoms with Gasteiger partial charge in [-0.05, 0) is 26.3 Å². The number of nitrogen functional groups attached to an aromatic ring is 1. The van der Waals surface area contributed by atoms with Gasteiger partial charge < -0.3 is 20.1 Å². The van der Waals surface area contributed by atoms with Gasteiger partial charge in [0.25, 0.3) is 5.91 Å². The van der Waals surface area contributed by atoms with Crippen LogP contribution in [0.2, 0.25) is 0 Å². The summed E-state index contributed by atoms with van der Waals surface area (Å²) in [7, 11) is 3.07. The predicted molar refractivity (Wildman–Crippen MR) is 80.4 cm³/mol. The fourth-order valence-electron chi connectivity index (χ4n) is 2.07. The Balaban J connectivity index is 3.20. The molecule has 1 aromatic rings. The molecule has 0 saturated carbocycles. The monoisotopic (exact) mass is 280 g/mol. The molecule has 20 heavy (non-hydrogen) atoms. The molecule has 0 radical (unpaired) electrons. The van der Waals surface area contributed by atoms with Crippen LogP contribution in [0.4, 0.5) is 5.69 Å². The summed E-state index contributed by atoms with van der Waals surface area (Å²) in [5, 5.41) is 0. The molecule has 0 spiro atoms. The molecular weight excluding hydrogens is 256 g/mol. The molecule has 2 N–H and O–H groups in total. The first-order chi connectivity index (χ1) is 9.46. The maximum Gasteiger partial charge on any atom is 0.256 e. The minimum Gasteiger partial charge on any atom is -0.493 e. The van der Waals surface area contributed by atoms with Crippen LogP contribution in [0.5, 0.6) is 11.5 Å². The van der Waals surface area contributed by atoms with Crippen molar-refractivity contribution in [1.82, 2.24) is 4.90 Å². The highest BCUT2D eigenvalue weighted by Gasteiger charge is 2.22. The summed E-state index contributed by atoms with van der Waals surface area (Å²) < 4.78 is 10.4. The van der Waals surface area contributed by atoms with E-state index in [4.69, 9.17) is 15.2 Å². The third-order valence-electron chi connectivity index (χ3n) is 3.13. The van der Waals surface area contributed by atoms with Gasteiger partial charge in [0.1, 0.15) is 0 Å². The van der Waals surface area contributed by atoms with Crippen molar-refractivity contribution in [2.45, 2.75) is 33.2 Å². The summed E-state index contributed by atoms with van der Waals surface area (Å²) >= 11 is 0. The van der Waals surface area contributed by atoms with Crippen molar-refractivity contribution in [3.05, 3.63) is 17.7 Å². The third kappa shape index (κ3) is 3.35. The van der Waals surface area contributed by atoms with Gasteiger partial charge in [-0.2, -0.15) is 0 Å². The summed E-state index contributed by atoms with van der Waals surface area (Å²) in [5.41, 5.74) is 6.82. The van der Waals surface area contributed by atoms with Gasteiger partial charge in [0.05, 0.1) is 19.8 Å². The van der Waals surface area contributed by atoms with Gasteiger partial charge in [0, 0.05) is 24.3 Å². The van der Waals surface area contributed by atoms with Crippen molar-refractivity contribution in [2.24, 2.45) is 0 Å². The van der Waals surface area contributed by atoms with E-state index < -0.39 is 0 Å². The lowest BCUT2D eigenvalue weighted by molar-refractivity contribution is 0.0706. The van der Waals surface area contributed by atoms with Crippen LogP contribution in [0.25, 0.3) is 0 Å². The van der Waals surface area contributed by atoms with E-state index in [1.54, 1.807) is 17.0 Å². The van der Waals surface area contributed by atoms with Crippen molar-refractivity contribution in [1.29, 1.82) is 0 Å². The second-order valence-electron chi connectivity index (χ2n) is 4.89. The van der Waals surface area contributed by atoms with Crippen LogP contribution < -0.4 is 15.2 Å². The van der Waals surface area contributed by atoms with E-state index in [9.17, 15) is 4.79 Å². The zero-order valence-corrected chi connectivity index (χ0v) is 12.9. The first kappa shape index (κ1) is 16.1. The number of anilines is 1. The number of hydrogen-bond acceptors (Lipinski definition) is 4. The molecule has 0 aliphatic rings. The molecule has 0 aliphatic heterocycles. The molecule has 5 heteroatoms. The number of ether oxygens (including phenoxy) is 2. The fraction of sp³-hybridized carbons (Fsp3) is 0.533. The van der Waals surface area contributed by atoms with Gasteiger partial charge in [-0.3, -0.25) is 4.79 Å². The van der Waals surface area contributed by atoms with Gasteiger partial charge in [0.2, 0.25) is 0 Å². The van der Waals surface area contributed by atoms with Gasteiger partial charge in [-0.15, -0.1) is 0 Å². The maximum atomic E-state index is 12.6. The number of hydrogen-bond donors (Lipinski definition) is 1. The number of amides is 1. The van der Waals surface area contributed by atoms with Crippen LogP contribution in [0, 0.1) is 0 Å². The molecule has 0 heterocycles. The number of benzene rings is 1. The summed E-state index contributed by atoms with van der Waals surface area (Å²) in [4.78, 5) is 14.4. The Morgan fingerprint density at radius 3 is 2.25 bits per heavy atom. The smallest absolute Gasteiger partial charge is 0.256 e. The Labute approximate surface area is 120 Å². The molecule has 0 unspecified atom stereocenters. The second kappa shape index (κ2) is 7.03. The van der Waals surface area contributed by atoms with Crippen molar-refractivity contribution in [2.75, 3.05) is 26.5 Å². The summed E-state index contributed by atoms with van der Waals surface area (Å²) in [6.45, 7) is 6.72. The summed E-state index contributed by atoms with van der Waals surface area (Å²) in [5.74, 6) is 0.943. The van der Waals surface area contributed by atoms with E-state index in [-0.39, 0.29) is 11.9 Å². The molecule has 1 amide bonds. The van der Waals surface area contributed by atoms with E-state index in [0.29, 0.717) is 29.3 Å². The van der Waals surface area contributed by atoms with Crippen molar-refractivity contribution in [3.63, 3.8) is 0 Å². The number of nitrogens with zero attached hydrogens (tertiary/aromatic N) is 1. The molecule has 0 aromatic heterocycles. The Hall–Kier alpha value is -1.91. The Morgan fingerprint density at radius 2 is 1.80 bits per heavy atom. The molecular formula is C15H24N2O3. The van der Waals surface area contributed by atoms with E-state index in [2.05, 4.69) is 0 Å². The highest BCUT2D eigenvalue weighted by Crippen LogP contribution is 2.32. The molecule has 0 saturated heterocycles. The Bertz CT molecular complexity index is 472. The normalized spacial score (nSPS) is 10.5. The number of carbonyl (C=O) groups excluding carboxylic acids is 1. The molecule has 1 aromatic carbocycles. The van der Waals surface area contributed by atoms with E-state index in [1.807, 2.05) is 20.8 Å². The minimum atomic E-state index is -0.0831. The zero-order valence-electron chi connectivity index (χ0n) is 12.9. The first-order valence-electron chi connectivity index (χ1n) is 6.78. The van der Waals surface area contributed by atoms with Crippen molar-refractivity contribution < 1.29 is 14.3 Å². The SMILES string of the molecule is CCCN(C(=O)c1cc(OC)c(OC)cc1N)C(C)C. The minimum absolute atomic E-state index is 0.0831. The lowest BCUT2D eigenvalue weighted by Crippen LogP contribution is -2.37. The number of nitrogens with two attached hydrogens (primary N) is 1. The van der Waals surface area contributed by atoms with E-state index >= 15 is 0 Å². The molecule has 5 nitrogen and oxygen atoms in total. The van der Waals surface area contributed by atoms with Gasteiger partial charge in [0.15, 0.2) is 11.5 Å². The number of carbonyl (C=O) groups is 1. The second-order valence-corrected chi connectivity index (χ2v) is 4.89. The number of rotatable bonds is 6. The molecule has 0 fully saturated rings. The molecule has 0 aliphatic carbocycles. The van der Waals surface area contributed by atoms with Crippen LogP contribution >= 0.6 is 0 Å². The van der Waals surface area contributed by atoms with Crippen LogP contribution in [-0.2, 0) is 0 Å². The van der Waals surface area contributed by atoms with Crippen LogP contribution in [0.1, 0.15) is 37.6 Å².